The van der Waals surface area contributed by atoms with Gasteiger partial charge in [0.05, 0.1) is 5.56 Å². The lowest BCUT2D eigenvalue weighted by Crippen LogP contribution is -2.40. The number of likely N-dealkylation sites (tertiary alicyclic amines) is 1. The number of halogens is 2. The molecule has 0 radical (unpaired) electrons. The molecule has 5 rings (SSSR count). The molecule has 0 aliphatic carbocycles. The molecular formula is C29H30F2N2OS. The lowest BCUT2D eigenvalue weighted by atomic mass is 9.88. The van der Waals surface area contributed by atoms with Crippen molar-refractivity contribution < 1.29 is 13.6 Å². The highest BCUT2D eigenvalue weighted by Gasteiger charge is 2.25. The maximum atomic E-state index is 13.6. The highest BCUT2D eigenvalue weighted by atomic mass is 32.1. The van der Waals surface area contributed by atoms with Crippen molar-refractivity contribution in [2.24, 2.45) is 0 Å². The fraction of sp³-hybridized carbons (Fsp3) is 0.345. The normalized spacial score (nSPS) is 16.8. The average Bonchev–Trinajstić information content (AvgIpc) is 3.17. The first-order valence-electron chi connectivity index (χ1n) is 12.3. The van der Waals surface area contributed by atoms with E-state index in [9.17, 15) is 13.6 Å². The number of carbonyl (C=O) groups excluding carboxylic acids is 1. The monoisotopic (exact) mass is 492 g/mol. The minimum absolute atomic E-state index is 0.175. The molecule has 0 atom stereocenters. The van der Waals surface area contributed by atoms with Crippen LogP contribution in [-0.2, 0) is 6.42 Å². The van der Waals surface area contributed by atoms with Crippen LogP contribution in [0.2, 0.25) is 0 Å². The molecular weight excluding hydrogens is 462 g/mol. The summed E-state index contributed by atoms with van der Waals surface area (Å²) in [6.07, 6.45) is 3.80. The number of thiophene rings is 1. The van der Waals surface area contributed by atoms with Crippen LogP contribution in [0.1, 0.15) is 50.5 Å². The lowest BCUT2D eigenvalue weighted by Gasteiger charge is -2.32. The molecule has 35 heavy (non-hydrogen) atoms. The first kappa shape index (κ1) is 23.9. The molecule has 1 aromatic heterocycles. The van der Waals surface area contributed by atoms with E-state index in [1.54, 1.807) is 35.6 Å². The predicted molar refractivity (Wildman–Crippen MR) is 138 cm³/mol. The summed E-state index contributed by atoms with van der Waals surface area (Å²) < 4.78 is 27.1. The van der Waals surface area contributed by atoms with Gasteiger partial charge in [0.1, 0.15) is 11.6 Å². The second-order valence-corrected chi connectivity index (χ2v) is 10.8. The van der Waals surface area contributed by atoms with Crippen LogP contribution in [0.25, 0.3) is 5.57 Å². The molecule has 1 saturated heterocycles. The van der Waals surface area contributed by atoms with Gasteiger partial charge < -0.3 is 9.80 Å². The van der Waals surface area contributed by atoms with Gasteiger partial charge >= 0.3 is 0 Å². The van der Waals surface area contributed by atoms with Crippen molar-refractivity contribution in [2.45, 2.75) is 32.6 Å². The number of hydrogen-bond acceptors (Lipinski definition) is 3. The van der Waals surface area contributed by atoms with Crippen molar-refractivity contribution in [3.8, 4) is 0 Å². The van der Waals surface area contributed by atoms with Crippen LogP contribution in [0.4, 0.5) is 8.78 Å². The number of rotatable bonds is 5. The molecule has 0 saturated carbocycles. The van der Waals surface area contributed by atoms with Gasteiger partial charge in [-0.1, -0.05) is 29.8 Å². The Morgan fingerprint density at radius 3 is 2.06 bits per heavy atom. The Balaban J connectivity index is 1.28. The van der Waals surface area contributed by atoms with E-state index in [0.717, 1.165) is 80.7 Å². The zero-order valence-corrected chi connectivity index (χ0v) is 20.8. The molecule has 0 bridgehead atoms. The Morgan fingerprint density at radius 2 is 1.46 bits per heavy atom. The Morgan fingerprint density at radius 1 is 0.857 bits per heavy atom. The second kappa shape index (κ2) is 10.4. The van der Waals surface area contributed by atoms with E-state index in [0.29, 0.717) is 0 Å². The van der Waals surface area contributed by atoms with Gasteiger partial charge in [0.15, 0.2) is 0 Å². The smallest absolute Gasteiger partial charge is 0.255 e. The van der Waals surface area contributed by atoms with E-state index >= 15 is 0 Å². The largest absolute Gasteiger partial charge is 0.337 e. The van der Waals surface area contributed by atoms with Gasteiger partial charge in [-0.3, -0.25) is 4.79 Å². The summed E-state index contributed by atoms with van der Waals surface area (Å²) in [6.45, 7) is 6.31. The average molecular weight is 493 g/mol. The number of amides is 1. The summed E-state index contributed by atoms with van der Waals surface area (Å²) in [7, 11) is 0. The molecule has 0 unspecified atom stereocenters. The van der Waals surface area contributed by atoms with Crippen LogP contribution < -0.4 is 0 Å². The van der Waals surface area contributed by atoms with Gasteiger partial charge in [-0.25, -0.2) is 8.78 Å². The van der Waals surface area contributed by atoms with E-state index in [-0.39, 0.29) is 17.5 Å². The number of benzene rings is 2. The van der Waals surface area contributed by atoms with E-state index in [1.807, 2.05) is 11.0 Å². The van der Waals surface area contributed by atoms with Gasteiger partial charge in [0, 0.05) is 42.5 Å². The zero-order valence-electron chi connectivity index (χ0n) is 20.0. The number of hydrogen-bond donors (Lipinski definition) is 0. The van der Waals surface area contributed by atoms with Crippen LogP contribution in [0, 0.1) is 18.6 Å². The first-order chi connectivity index (χ1) is 17.0. The number of aryl methyl sites for hydroxylation is 2. The maximum Gasteiger partial charge on any atom is 0.255 e. The summed E-state index contributed by atoms with van der Waals surface area (Å²) in [6, 6.07) is 15.2. The molecule has 182 valence electrons. The molecule has 3 nitrogen and oxygen atoms in total. The minimum atomic E-state index is -0.264. The summed E-state index contributed by atoms with van der Waals surface area (Å²) >= 11 is 1.75. The third kappa shape index (κ3) is 5.39. The Kier molecular flexibility index (Phi) is 7.12. The van der Waals surface area contributed by atoms with Crippen LogP contribution in [0.3, 0.4) is 0 Å². The van der Waals surface area contributed by atoms with Crippen molar-refractivity contribution in [2.75, 3.05) is 32.7 Å². The fourth-order valence-corrected chi connectivity index (χ4v) is 6.28. The molecule has 2 aromatic carbocycles. The summed E-state index contributed by atoms with van der Waals surface area (Å²) in [5, 5.41) is 0. The second-order valence-electron chi connectivity index (χ2n) is 9.42. The molecule has 6 heteroatoms. The van der Waals surface area contributed by atoms with Gasteiger partial charge in [-0.2, -0.15) is 0 Å². The Hall–Kier alpha value is -2.83. The van der Waals surface area contributed by atoms with Gasteiger partial charge in [-0.05, 0) is 79.6 Å². The molecule has 2 aliphatic heterocycles. The number of piperidine rings is 1. The predicted octanol–water partition coefficient (Wildman–Crippen LogP) is 6.32. The Bertz CT molecular complexity index is 1170. The summed E-state index contributed by atoms with van der Waals surface area (Å²) in [5.41, 5.74) is 5.20. The molecule has 1 fully saturated rings. The van der Waals surface area contributed by atoms with Crippen molar-refractivity contribution in [1.29, 1.82) is 0 Å². The van der Waals surface area contributed by atoms with Crippen LogP contribution in [0.5, 0.6) is 0 Å². The van der Waals surface area contributed by atoms with Crippen LogP contribution in [-0.4, -0.2) is 48.4 Å². The fourth-order valence-electron chi connectivity index (χ4n) is 5.21. The molecule has 1 amide bonds. The molecule has 0 spiro atoms. The third-order valence-corrected chi connectivity index (χ3v) is 8.16. The highest BCUT2D eigenvalue weighted by Crippen LogP contribution is 2.33. The molecule has 0 N–H and O–H groups in total. The molecule has 2 aliphatic rings. The van der Waals surface area contributed by atoms with Gasteiger partial charge in [-0.15, -0.1) is 11.3 Å². The minimum Gasteiger partial charge on any atom is -0.337 e. The quantitative estimate of drug-likeness (QED) is 0.416. The third-order valence-electron chi connectivity index (χ3n) is 7.05. The molecule has 3 heterocycles. The Labute approximate surface area is 209 Å². The highest BCUT2D eigenvalue weighted by molar-refractivity contribution is 7.12. The number of nitrogens with zero attached hydrogens (tertiary/aromatic N) is 2. The van der Waals surface area contributed by atoms with E-state index in [1.165, 1.54) is 39.6 Å². The maximum absolute atomic E-state index is 13.6. The van der Waals surface area contributed by atoms with Crippen LogP contribution >= 0.6 is 11.3 Å². The van der Waals surface area contributed by atoms with E-state index < -0.39 is 0 Å². The SMILES string of the molecule is Cc1cc2c(s1)CCCN(CCN1CCC(=C(c3ccc(F)cc3)c3ccc(F)cc3)CC1)C2=O. The zero-order chi connectivity index (χ0) is 24.4. The van der Waals surface area contributed by atoms with Crippen molar-refractivity contribution in [3.05, 3.63) is 98.2 Å². The van der Waals surface area contributed by atoms with Crippen LogP contribution in [0.15, 0.2) is 60.2 Å². The van der Waals surface area contributed by atoms with E-state index in [4.69, 9.17) is 0 Å². The standard InChI is InChI=1S/C29H30F2N2OS/c1-20-19-26-27(35-20)3-2-14-33(29(26)34)18-17-32-15-12-23(13-16-32)28(21-4-8-24(30)9-5-21)22-6-10-25(31)11-7-22/h4-11,19H,2-3,12-18H2,1H3. The van der Waals surface area contributed by atoms with Crippen molar-refractivity contribution in [3.63, 3.8) is 0 Å². The lowest BCUT2D eigenvalue weighted by molar-refractivity contribution is 0.0738. The van der Waals surface area contributed by atoms with Crippen molar-refractivity contribution in [1.82, 2.24) is 9.80 Å². The number of carbonyl (C=O) groups is 1. The van der Waals surface area contributed by atoms with Crippen molar-refractivity contribution >= 4 is 22.8 Å². The van der Waals surface area contributed by atoms with Gasteiger partial charge in [0.2, 0.25) is 0 Å². The topological polar surface area (TPSA) is 23.6 Å². The summed E-state index contributed by atoms with van der Waals surface area (Å²) in [4.78, 5) is 20.0. The van der Waals surface area contributed by atoms with Gasteiger partial charge in [0.25, 0.3) is 5.91 Å². The number of fused-ring (bicyclic) bond motifs is 1. The van der Waals surface area contributed by atoms with E-state index in [2.05, 4.69) is 11.8 Å². The first-order valence-corrected chi connectivity index (χ1v) is 13.1. The molecule has 3 aromatic rings. The summed E-state index contributed by atoms with van der Waals surface area (Å²) in [5.74, 6) is -0.353.